The number of nitriles is 1. The number of anilines is 1. The predicted molar refractivity (Wildman–Crippen MR) is 186 cm³/mol. The lowest BCUT2D eigenvalue weighted by atomic mass is 9.81. The van der Waals surface area contributed by atoms with Crippen molar-refractivity contribution < 1.29 is 28.0 Å². The second kappa shape index (κ2) is 15.1. The second-order valence-electron chi connectivity index (χ2n) is 12.3. The second-order valence-corrected chi connectivity index (χ2v) is 13.2. The summed E-state index contributed by atoms with van der Waals surface area (Å²) >= 11 is 1.27. The lowest BCUT2D eigenvalue weighted by Crippen LogP contribution is -2.54. The normalized spacial score (nSPS) is 17.2. The van der Waals surface area contributed by atoms with Crippen LogP contribution in [0.4, 0.5) is 19.3 Å². The number of aliphatic imine (C=N–C) groups is 1. The number of ether oxygens (including phenoxy) is 1. The molecule has 2 heterocycles. The van der Waals surface area contributed by atoms with Crippen molar-refractivity contribution in [1.82, 2.24) is 9.88 Å². The van der Waals surface area contributed by atoms with Gasteiger partial charge in [-0.15, -0.1) is 15.9 Å². The van der Waals surface area contributed by atoms with Crippen LogP contribution in [0.25, 0.3) is 11.3 Å². The first-order valence-corrected chi connectivity index (χ1v) is 16.6. The minimum Gasteiger partial charge on any atom is -0.443 e. The first kappa shape index (κ1) is 35.4. The zero-order valence-corrected chi connectivity index (χ0v) is 28.5. The molecule has 0 spiro atoms. The van der Waals surface area contributed by atoms with E-state index in [4.69, 9.17) is 15.0 Å². The van der Waals surface area contributed by atoms with Crippen LogP contribution in [-0.4, -0.2) is 71.1 Å². The van der Waals surface area contributed by atoms with Gasteiger partial charge in [-0.25, -0.2) is 18.6 Å². The molecule has 1 amide bonds. The van der Waals surface area contributed by atoms with Crippen LogP contribution in [0.15, 0.2) is 82.2 Å². The lowest BCUT2D eigenvalue weighted by molar-refractivity contribution is -0.848. The number of hydrogen-bond donors (Lipinski definition) is 2. The van der Waals surface area contributed by atoms with Gasteiger partial charge in [0.2, 0.25) is 6.34 Å². The summed E-state index contributed by atoms with van der Waals surface area (Å²) in [6.07, 6.45) is 2.11. The van der Waals surface area contributed by atoms with Crippen LogP contribution in [0.2, 0.25) is 0 Å². The molecule has 49 heavy (non-hydrogen) atoms. The van der Waals surface area contributed by atoms with Crippen LogP contribution >= 0.6 is 11.3 Å². The van der Waals surface area contributed by atoms with Crippen molar-refractivity contribution in [2.24, 2.45) is 10.1 Å². The third-order valence-corrected chi connectivity index (χ3v) is 9.75. The Balaban J connectivity index is 1.36. The Hall–Kier alpha value is -4.87. The molecule has 2 N–H and O–H groups in total. The monoisotopic (exact) mass is 686 g/mol. The number of thiazole rings is 1. The number of nitrogens with zero attached hydrogens (tertiary/aromatic N) is 6. The van der Waals surface area contributed by atoms with E-state index in [9.17, 15) is 14.3 Å². The minimum atomic E-state index is -2.04. The van der Waals surface area contributed by atoms with Gasteiger partial charge in [0.25, 0.3) is 0 Å². The maximum absolute atomic E-state index is 15.5. The first-order valence-electron chi connectivity index (χ1n) is 15.7. The quantitative estimate of drug-likeness (QED) is 0.149. The molecule has 1 aromatic heterocycles. The number of quaternary nitrogens is 1. The molecule has 10 nitrogen and oxygen atoms in total. The number of carbonyl (C=O) groups is 1. The Morgan fingerprint density at radius 2 is 1.90 bits per heavy atom. The summed E-state index contributed by atoms with van der Waals surface area (Å²) in [5, 5.41) is 31.2. The molecule has 3 atom stereocenters. The molecule has 0 radical (unpaired) electrons. The highest BCUT2D eigenvalue weighted by Crippen LogP contribution is 2.42. The largest absolute Gasteiger partial charge is 0.443 e. The first-order chi connectivity index (χ1) is 23.4. The van der Waals surface area contributed by atoms with Crippen LogP contribution in [0.3, 0.4) is 0 Å². The van der Waals surface area contributed by atoms with E-state index in [2.05, 4.69) is 40.2 Å². The molecule has 5 rings (SSSR count). The van der Waals surface area contributed by atoms with Crippen LogP contribution < -0.4 is 5.32 Å². The van der Waals surface area contributed by atoms with Crippen molar-refractivity contribution >= 4 is 35.8 Å². The van der Waals surface area contributed by atoms with Crippen molar-refractivity contribution in [3.05, 3.63) is 105 Å². The third-order valence-electron chi connectivity index (χ3n) is 8.73. The molecule has 1 aliphatic heterocycles. The van der Waals surface area contributed by atoms with Crippen molar-refractivity contribution in [1.29, 1.82) is 5.26 Å². The van der Waals surface area contributed by atoms with Gasteiger partial charge in [-0.05, 0) is 62.9 Å². The predicted octanol–water partition coefficient (Wildman–Crippen LogP) is 6.84. The van der Waals surface area contributed by atoms with Crippen molar-refractivity contribution in [2.45, 2.75) is 44.9 Å². The van der Waals surface area contributed by atoms with Gasteiger partial charge in [-0.2, -0.15) is 10.3 Å². The average Bonchev–Trinajstić information content (AvgIpc) is 3.77. The number of aromatic nitrogens is 1. The minimum absolute atomic E-state index is 0.0471. The zero-order chi connectivity index (χ0) is 35.2. The molecule has 0 bridgehead atoms. The summed E-state index contributed by atoms with van der Waals surface area (Å²) < 4.78 is 35.3. The van der Waals surface area contributed by atoms with E-state index < -0.39 is 29.2 Å². The van der Waals surface area contributed by atoms with E-state index in [1.807, 2.05) is 25.2 Å². The highest BCUT2D eigenvalue weighted by Gasteiger charge is 2.49. The molecule has 0 saturated carbocycles. The number of nitrogens with one attached hydrogen (secondary N) is 1. The van der Waals surface area contributed by atoms with Crippen molar-refractivity contribution in [3.8, 4) is 17.3 Å². The number of hydrogen-bond acceptors (Lipinski definition) is 9. The Kier molecular flexibility index (Phi) is 10.9. The Morgan fingerprint density at radius 3 is 2.59 bits per heavy atom. The van der Waals surface area contributed by atoms with E-state index >= 15 is 4.39 Å². The molecule has 0 aliphatic carbocycles. The number of aliphatic hydroxyl groups is 1. The van der Waals surface area contributed by atoms with E-state index in [-0.39, 0.29) is 29.9 Å². The van der Waals surface area contributed by atoms with Gasteiger partial charge >= 0.3 is 6.09 Å². The van der Waals surface area contributed by atoms with E-state index in [0.717, 1.165) is 29.3 Å². The molecule has 0 fully saturated rings. The highest BCUT2D eigenvalue weighted by atomic mass is 32.1. The van der Waals surface area contributed by atoms with Crippen LogP contribution in [0, 0.1) is 23.0 Å². The molecule has 0 saturated heterocycles. The molecule has 1 unspecified atom stereocenters. The van der Waals surface area contributed by atoms with Crippen LogP contribution in [0.5, 0.6) is 0 Å². The van der Waals surface area contributed by atoms with Crippen molar-refractivity contribution in [2.75, 3.05) is 32.1 Å². The number of amides is 1. The topological polar surface area (TPSA) is 123 Å². The summed E-state index contributed by atoms with van der Waals surface area (Å²) in [5.41, 5.74) is 1.13. The Bertz CT molecular complexity index is 1880. The van der Waals surface area contributed by atoms with E-state index in [0.29, 0.717) is 34.5 Å². The van der Waals surface area contributed by atoms with Crippen LogP contribution in [0.1, 0.15) is 48.4 Å². The fraction of sp³-hybridized carbons (Fsp3) is 0.306. The highest BCUT2D eigenvalue weighted by molar-refractivity contribution is 7.10. The number of para-hydroxylation sites is 1. The third kappa shape index (κ3) is 8.23. The molecular formula is C36H38F2N7O3S+. The maximum Gasteiger partial charge on any atom is 0.411 e. The number of carbonyl (C=O) groups excluding carboxylic acids is 1. The average molecular weight is 687 g/mol. The molecule has 4 aromatic rings. The number of benzene rings is 3. The van der Waals surface area contributed by atoms with Crippen LogP contribution in [-0.2, 0) is 16.9 Å². The number of halogens is 2. The molecular weight excluding hydrogens is 649 g/mol. The molecule has 3 aromatic carbocycles. The number of rotatable bonds is 13. The van der Waals surface area contributed by atoms with Gasteiger partial charge in [-0.3, -0.25) is 10.2 Å². The van der Waals surface area contributed by atoms with Gasteiger partial charge in [0.1, 0.15) is 31.3 Å². The molecule has 254 valence electrons. The zero-order valence-electron chi connectivity index (χ0n) is 27.7. The van der Waals surface area contributed by atoms with Gasteiger partial charge in [0.15, 0.2) is 11.9 Å². The fourth-order valence-electron chi connectivity index (χ4n) is 5.51. The van der Waals surface area contributed by atoms with Gasteiger partial charge in [-0.1, -0.05) is 42.4 Å². The summed E-state index contributed by atoms with van der Waals surface area (Å²) in [6.45, 7) is 6.14. The van der Waals surface area contributed by atoms with Gasteiger partial charge in [0.05, 0.1) is 22.3 Å². The van der Waals surface area contributed by atoms with Gasteiger partial charge in [0, 0.05) is 40.7 Å². The fourth-order valence-corrected chi connectivity index (χ4v) is 6.48. The summed E-state index contributed by atoms with van der Waals surface area (Å²) in [6, 6.07) is 19.7. The van der Waals surface area contributed by atoms with E-state index in [1.165, 1.54) is 24.0 Å². The Labute approximate surface area is 288 Å². The van der Waals surface area contributed by atoms with E-state index in [1.54, 1.807) is 42.6 Å². The maximum atomic E-state index is 15.5. The lowest BCUT2D eigenvalue weighted by Gasteiger charge is -2.38. The SMILES string of the molecule is CC(C)N(C)Cc1ccccc1NC(=O)OCC[N+]1(C[C@](O)(c2cc(F)ccc2F)[C@@H](C)c2nc(-c3ccc(C#N)cc3)cs2)C=NC=N1. The van der Waals surface area contributed by atoms with Crippen molar-refractivity contribution in [3.63, 3.8) is 0 Å². The summed E-state index contributed by atoms with van der Waals surface area (Å²) in [4.78, 5) is 23.9. The smallest absolute Gasteiger partial charge is 0.411 e. The van der Waals surface area contributed by atoms with Gasteiger partial charge < -0.3 is 9.84 Å². The molecule has 1 aliphatic rings. The Morgan fingerprint density at radius 1 is 1.14 bits per heavy atom. The molecule has 13 heteroatoms. The standard InChI is InChI=1S/C36H37F2N7O3S/c1-24(2)44(4)19-28-7-5-6-8-32(28)43-35(46)48-16-15-45(23-40-22-41-45)21-36(47,30-17-29(37)13-14-31(30)38)25(3)34-42-33(20-49-34)27-11-9-26(18-39)10-12-27/h5-14,17,20,22-25,47H,15-16,19,21H2,1-4H3/p+1/t25-,36+,45?/m0/s1. The summed E-state index contributed by atoms with van der Waals surface area (Å²) in [7, 11) is 2.00. The summed E-state index contributed by atoms with van der Waals surface area (Å²) in [5.74, 6) is -2.36.